The van der Waals surface area contributed by atoms with Crippen molar-refractivity contribution in [2.45, 2.75) is 44.9 Å². The molecule has 4 atom stereocenters. The van der Waals surface area contributed by atoms with Crippen molar-refractivity contribution in [2.75, 3.05) is 6.61 Å². The van der Waals surface area contributed by atoms with Crippen LogP contribution in [-0.4, -0.2) is 33.7 Å². The van der Waals surface area contributed by atoms with E-state index < -0.39 is 11.9 Å². The van der Waals surface area contributed by atoms with Crippen molar-refractivity contribution in [2.24, 2.45) is 17.3 Å². The summed E-state index contributed by atoms with van der Waals surface area (Å²) in [5.74, 6) is 0.321. The van der Waals surface area contributed by atoms with Crippen LogP contribution in [0.4, 0.5) is 0 Å². The molecule has 3 aliphatic carbocycles. The maximum atomic E-state index is 11.4. The summed E-state index contributed by atoms with van der Waals surface area (Å²) in [6.45, 7) is 2.02. The van der Waals surface area contributed by atoms with Crippen LogP contribution in [-0.2, 0) is 11.2 Å². The van der Waals surface area contributed by atoms with E-state index in [9.17, 15) is 14.7 Å². The zero-order valence-corrected chi connectivity index (χ0v) is 18.1. The predicted molar refractivity (Wildman–Crippen MR) is 119 cm³/mol. The van der Waals surface area contributed by atoms with E-state index in [2.05, 4.69) is 24.1 Å². The van der Waals surface area contributed by atoms with Gasteiger partial charge in [-0.25, -0.2) is 9.59 Å². The van der Waals surface area contributed by atoms with Crippen LogP contribution < -0.4 is 4.74 Å². The number of ether oxygens (including phenoxy) is 1. The third kappa shape index (κ3) is 3.38. The summed E-state index contributed by atoms with van der Waals surface area (Å²) in [6, 6.07) is 7.81. The molecule has 2 N–H and O–H groups in total. The number of rotatable bonds is 5. The Labute approximate surface area is 187 Å². The first-order valence-corrected chi connectivity index (χ1v) is 11.2. The molecule has 0 aliphatic heterocycles. The second-order valence-electron chi connectivity index (χ2n) is 9.54. The fourth-order valence-corrected chi connectivity index (χ4v) is 6.51. The van der Waals surface area contributed by atoms with E-state index in [1.54, 1.807) is 12.3 Å². The van der Waals surface area contributed by atoms with Crippen molar-refractivity contribution in [1.29, 1.82) is 0 Å². The fraction of sp³-hybridized carbons (Fsp3) is 0.423. The van der Waals surface area contributed by atoms with E-state index in [0.29, 0.717) is 23.5 Å². The van der Waals surface area contributed by atoms with Gasteiger partial charge in [0.15, 0.2) is 6.61 Å². The number of carbonyl (C=O) groups is 2. The standard InChI is InChI=1S/C26H27NO5/c1-26-9-8-20-19-5-3-18(32-14-24(28)29)11-15(19)2-4-21(20)23(26)7-6-22(26)16-10-17(25(30)31)13-27-12-16/h3,5-6,10-13,20-21,23H,2,4,7-9,14H2,1H3,(H,28,29)(H,30,31). The van der Waals surface area contributed by atoms with Gasteiger partial charge in [-0.05, 0) is 95.7 Å². The first-order chi connectivity index (χ1) is 15.4. The maximum Gasteiger partial charge on any atom is 0.341 e. The largest absolute Gasteiger partial charge is 0.482 e. The lowest BCUT2D eigenvalue weighted by Gasteiger charge is -2.50. The van der Waals surface area contributed by atoms with Gasteiger partial charge in [-0.1, -0.05) is 19.1 Å². The van der Waals surface area contributed by atoms with Crippen LogP contribution in [0.3, 0.4) is 0 Å². The van der Waals surface area contributed by atoms with E-state index in [0.717, 1.165) is 37.7 Å². The molecule has 0 amide bonds. The van der Waals surface area contributed by atoms with Crippen molar-refractivity contribution in [1.82, 2.24) is 4.98 Å². The summed E-state index contributed by atoms with van der Waals surface area (Å²) in [4.78, 5) is 26.4. The molecule has 2 aromatic rings. The molecule has 0 spiro atoms. The van der Waals surface area contributed by atoms with Crippen LogP contribution in [0.2, 0.25) is 0 Å². The molecule has 4 unspecified atom stereocenters. The van der Waals surface area contributed by atoms with Crippen molar-refractivity contribution in [3.05, 3.63) is 65.0 Å². The van der Waals surface area contributed by atoms with E-state index >= 15 is 0 Å². The summed E-state index contributed by atoms with van der Waals surface area (Å²) in [5.41, 5.74) is 5.11. The molecule has 5 rings (SSSR count). The molecule has 1 fully saturated rings. The molecular formula is C26H27NO5. The molecule has 0 bridgehead atoms. The highest BCUT2D eigenvalue weighted by Gasteiger charge is 2.52. The van der Waals surface area contributed by atoms with E-state index in [1.807, 2.05) is 12.1 Å². The highest BCUT2D eigenvalue weighted by Crippen LogP contribution is 2.63. The number of aromatic nitrogens is 1. The third-order valence-electron chi connectivity index (χ3n) is 7.94. The number of benzene rings is 1. The second-order valence-corrected chi connectivity index (χ2v) is 9.54. The maximum absolute atomic E-state index is 11.4. The van der Waals surface area contributed by atoms with Gasteiger partial charge in [0.1, 0.15) is 5.75 Å². The average molecular weight is 434 g/mol. The Hall–Kier alpha value is -3.15. The number of nitrogens with zero attached hydrogens (tertiary/aromatic N) is 1. The van der Waals surface area contributed by atoms with Gasteiger partial charge in [-0.2, -0.15) is 0 Å². The lowest BCUT2D eigenvalue weighted by molar-refractivity contribution is -0.139. The van der Waals surface area contributed by atoms with Crippen molar-refractivity contribution in [3.63, 3.8) is 0 Å². The quantitative estimate of drug-likeness (QED) is 0.704. The topological polar surface area (TPSA) is 96.7 Å². The Morgan fingerprint density at radius 2 is 2.03 bits per heavy atom. The number of aromatic carboxylic acids is 1. The number of fused-ring (bicyclic) bond motifs is 5. The van der Waals surface area contributed by atoms with Crippen LogP contribution in [0, 0.1) is 17.3 Å². The minimum atomic E-state index is -0.969. The minimum absolute atomic E-state index is 0.0298. The van der Waals surface area contributed by atoms with Crippen LogP contribution in [0.25, 0.3) is 5.57 Å². The SMILES string of the molecule is CC12CCC3c4ccc(OCC(=O)O)cc4CCC3C1CC=C2c1cncc(C(=O)O)c1. The molecule has 6 nitrogen and oxygen atoms in total. The first kappa shape index (κ1) is 20.7. The smallest absolute Gasteiger partial charge is 0.341 e. The molecular weight excluding hydrogens is 406 g/mol. The van der Waals surface area contributed by atoms with Gasteiger partial charge in [-0.15, -0.1) is 0 Å². The summed E-state index contributed by atoms with van der Waals surface area (Å²) in [5, 5.41) is 18.2. The molecule has 1 aromatic heterocycles. The van der Waals surface area contributed by atoms with Crippen LogP contribution in [0.5, 0.6) is 5.75 Å². The van der Waals surface area contributed by atoms with Crippen molar-refractivity contribution in [3.8, 4) is 5.75 Å². The molecule has 32 heavy (non-hydrogen) atoms. The van der Waals surface area contributed by atoms with Gasteiger partial charge in [0.25, 0.3) is 0 Å². The van der Waals surface area contributed by atoms with Gasteiger partial charge >= 0.3 is 11.9 Å². The van der Waals surface area contributed by atoms with Crippen LogP contribution >= 0.6 is 0 Å². The first-order valence-electron chi connectivity index (χ1n) is 11.2. The summed E-state index contributed by atoms with van der Waals surface area (Å²) in [6.07, 6.45) is 10.8. The summed E-state index contributed by atoms with van der Waals surface area (Å²) < 4.78 is 5.39. The molecule has 3 aliphatic rings. The van der Waals surface area contributed by atoms with E-state index in [-0.39, 0.29) is 17.6 Å². The number of aliphatic carboxylic acids is 1. The normalized spacial score (nSPS) is 28.2. The monoisotopic (exact) mass is 433 g/mol. The molecule has 0 saturated heterocycles. The zero-order chi connectivity index (χ0) is 22.5. The number of pyridine rings is 1. The lowest BCUT2D eigenvalue weighted by atomic mass is 9.54. The molecule has 1 saturated carbocycles. The average Bonchev–Trinajstić information content (AvgIpc) is 3.14. The number of hydrogen-bond acceptors (Lipinski definition) is 4. The zero-order valence-electron chi connectivity index (χ0n) is 18.1. The molecule has 1 aromatic carbocycles. The molecule has 0 radical (unpaired) electrons. The van der Waals surface area contributed by atoms with Crippen LogP contribution in [0.1, 0.15) is 65.6 Å². The highest BCUT2D eigenvalue weighted by molar-refractivity contribution is 5.88. The Bertz CT molecular complexity index is 1120. The predicted octanol–water partition coefficient (Wildman–Crippen LogP) is 4.79. The fourth-order valence-electron chi connectivity index (χ4n) is 6.51. The van der Waals surface area contributed by atoms with Gasteiger partial charge in [-0.3, -0.25) is 4.98 Å². The number of carboxylic acid groups (broad SMARTS) is 2. The van der Waals surface area contributed by atoms with Gasteiger partial charge in [0.05, 0.1) is 5.56 Å². The molecule has 1 heterocycles. The Kier molecular flexibility index (Phi) is 5.03. The van der Waals surface area contributed by atoms with Crippen molar-refractivity contribution < 1.29 is 24.5 Å². The lowest BCUT2D eigenvalue weighted by Crippen LogP contribution is -2.40. The summed E-state index contributed by atoms with van der Waals surface area (Å²) >= 11 is 0. The van der Waals surface area contributed by atoms with Crippen molar-refractivity contribution >= 4 is 17.5 Å². The Morgan fingerprint density at radius 1 is 1.19 bits per heavy atom. The molecule has 6 heteroatoms. The minimum Gasteiger partial charge on any atom is -0.482 e. The van der Waals surface area contributed by atoms with Crippen LogP contribution in [0.15, 0.2) is 42.7 Å². The highest BCUT2D eigenvalue weighted by atomic mass is 16.5. The Morgan fingerprint density at radius 3 is 2.81 bits per heavy atom. The number of allylic oxidation sites excluding steroid dienone is 2. The summed E-state index contributed by atoms with van der Waals surface area (Å²) in [7, 11) is 0. The second kappa shape index (κ2) is 7.76. The van der Waals surface area contributed by atoms with E-state index in [4.69, 9.17) is 9.84 Å². The number of hydrogen-bond donors (Lipinski definition) is 2. The van der Waals surface area contributed by atoms with Gasteiger partial charge in [0, 0.05) is 12.4 Å². The Balaban J connectivity index is 1.39. The van der Waals surface area contributed by atoms with Gasteiger partial charge in [0.2, 0.25) is 0 Å². The molecule has 166 valence electrons. The number of aryl methyl sites for hydroxylation is 1. The number of carboxylic acids is 2. The third-order valence-corrected chi connectivity index (χ3v) is 7.94. The van der Waals surface area contributed by atoms with Gasteiger partial charge < -0.3 is 14.9 Å². The van der Waals surface area contributed by atoms with E-state index in [1.165, 1.54) is 22.9 Å².